The van der Waals surface area contributed by atoms with Crippen molar-refractivity contribution in [2.45, 2.75) is 13.5 Å². The molecule has 5 heteroatoms. The number of benzene rings is 2. The van der Waals surface area contributed by atoms with Crippen molar-refractivity contribution in [1.82, 2.24) is 0 Å². The van der Waals surface area contributed by atoms with Gasteiger partial charge in [0.2, 0.25) is 0 Å². The van der Waals surface area contributed by atoms with Crippen LogP contribution in [0.4, 0.5) is 10.1 Å². The van der Waals surface area contributed by atoms with Gasteiger partial charge in [0, 0.05) is 11.3 Å². The summed E-state index contributed by atoms with van der Waals surface area (Å²) in [6, 6.07) is 9.40. The maximum atomic E-state index is 13.1. The molecule has 3 nitrogen and oxygen atoms in total. The maximum Gasteiger partial charge on any atom is 0.255 e. The van der Waals surface area contributed by atoms with Crippen LogP contribution in [0.2, 0.25) is 0 Å². The van der Waals surface area contributed by atoms with Crippen LogP contribution in [0.15, 0.2) is 40.9 Å². The van der Waals surface area contributed by atoms with E-state index < -0.39 is 5.82 Å². The number of nitrogens with one attached hydrogen (secondary N) is 1. The predicted octanol–water partition coefficient (Wildman–Crippen LogP) is 3.64. The molecule has 0 heterocycles. The molecule has 2 aromatic rings. The van der Waals surface area contributed by atoms with Crippen molar-refractivity contribution >= 4 is 27.5 Å². The van der Waals surface area contributed by atoms with Gasteiger partial charge in [-0.05, 0) is 58.2 Å². The Kier molecular flexibility index (Phi) is 4.52. The Morgan fingerprint density at radius 3 is 2.70 bits per heavy atom. The molecule has 0 fully saturated rings. The van der Waals surface area contributed by atoms with E-state index >= 15 is 0 Å². The van der Waals surface area contributed by atoms with Gasteiger partial charge in [-0.2, -0.15) is 0 Å². The van der Waals surface area contributed by atoms with Crippen LogP contribution in [0.1, 0.15) is 21.5 Å². The lowest BCUT2D eigenvalue weighted by Crippen LogP contribution is -2.13. The molecule has 0 aliphatic rings. The summed E-state index contributed by atoms with van der Waals surface area (Å²) in [7, 11) is 0. The Hall–Kier alpha value is -1.72. The first-order chi connectivity index (χ1) is 9.51. The van der Waals surface area contributed by atoms with Crippen LogP contribution in [-0.2, 0) is 6.61 Å². The molecule has 104 valence electrons. The number of aryl methyl sites for hydroxylation is 1. The van der Waals surface area contributed by atoms with Gasteiger partial charge in [0.05, 0.1) is 11.1 Å². The van der Waals surface area contributed by atoms with Gasteiger partial charge >= 0.3 is 0 Å². The molecule has 0 spiro atoms. The van der Waals surface area contributed by atoms with Crippen LogP contribution in [0.5, 0.6) is 0 Å². The van der Waals surface area contributed by atoms with E-state index in [1.54, 1.807) is 12.1 Å². The van der Waals surface area contributed by atoms with Crippen molar-refractivity contribution in [3.8, 4) is 0 Å². The summed E-state index contributed by atoms with van der Waals surface area (Å²) in [6.07, 6.45) is 0. The molecular formula is C15H13BrFNO2. The van der Waals surface area contributed by atoms with Gasteiger partial charge in [0.1, 0.15) is 5.82 Å². The van der Waals surface area contributed by atoms with E-state index in [0.29, 0.717) is 16.8 Å². The third kappa shape index (κ3) is 3.23. The van der Waals surface area contributed by atoms with E-state index in [2.05, 4.69) is 21.2 Å². The fourth-order valence-corrected chi connectivity index (χ4v) is 2.11. The number of hydrogen-bond donors (Lipinski definition) is 2. The highest BCUT2D eigenvalue weighted by atomic mass is 79.9. The molecule has 1 amide bonds. The quantitative estimate of drug-likeness (QED) is 0.898. The average Bonchev–Trinajstić information content (AvgIpc) is 2.44. The average molecular weight is 338 g/mol. The number of hydrogen-bond acceptors (Lipinski definition) is 2. The molecule has 0 saturated carbocycles. The Morgan fingerprint density at radius 2 is 2.05 bits per heavy atom. The summed E-state index contributed by atoms with van der Waals surface area (Å²) in [5.74, 6) is -0.746. The van der Waals surface area contributed by atoms with Gasteiger partial charge in [0.15, 0.2) is 0 Å². The summed E-state index contributed by atoms with van der Waals surface area (Å²) in [4.78, 5) is 12.1. The number of rotatable bonds is 3. The van der Waals surface area contributed by atoms with Gasteiger partial charge in [0.25, 0.3) is 5.91 Å². The zero-order valence-corrected chi connectivity index (χ0v) is 12.4. The Balaban J connectivity index is 2.25. The normalized spacial score (nSPS) is 10.4. The fourth-order valence-electron chi connectivity index (χ4n) is 1.73. The number of halogens is 2. The fraction of sp³-hybridized carbons (Fsp3) is 0.133. The second-order valence-electron chi connectivity index (χ2n) is 4.39. The van der Waals surface area contributed by atoms with E-state index in [1.807, 2.05) is 13.0 Å². The molecule has 2 rings (SSSR count). The van der Waals surface area contributed by atoms with E-state index in [1.165, 1.54) is 18.2 Å². The zero-order valence-electron chi connectivity index (χ0n) is 10.8. The summed E-state index contributed by atoms with van der Waals surface area (Å²) in [5.41, 5.74) is 2.58. The Morgan fingerprint density at radius 1 is 1.30 bits per heavy atom. The van der Waals surface area contributed by atoms with Crippen LogP contribution < -0.4 is 5.32 Å². The molecular weight excluding hydrogens is 325 g/mol. The number of anilines is 1. The summed E-state index contributed by atoms with van der Waals surface area (Å²) >= 11 is 3.05. The minimum Gasteiger partial charge on any atom is -0.392 e. The van der Waals surface area contributed by atoms with Gasteiger partial charge in [-0.25, -0.2) is 4.39 Å². The second-order valence-corrected chi connectivity index (χ2v) is 5.24. The van der Waals surface area contributed by atoms with Crippen molar-refractivity contribution in [2.24, 2.45) is 0 Å². The van der Waals surface area contributed by atoms with Crippen LogP contribution in [-0.4, -0.2) is 11.0 Å². The van der Waals surface area contributed by atoms with Crippen molar-refractivity contribution in [3.05, 3.63) is 63.4 Å². The maximum absolute atomic E-state index is 13.1. The largest absolute Gasteiger partial charge is 0.392 e. The van der Waals surface area contributed by atoms with E-state index in [9.17, 15) is 9.18 Å². The Labute approximate surface area is 124 Å². The van der Waals surface area contributed by atoms with Crippen LogP contribution in [0, 0.1) is 12.7 Å². The molecule has 0 aromatic heterocycles. The predicted molar refractivity (Wildman–Crippen MR) is 79.2 cm³/mol. The number of aliphatic hydroxyl groups is 1. The van der Waals surface area contributed by atoms with Crippen molar-refractivity contribution < 1.29 is 14.3 Å². The summed E-state index contributed by atoms with van der Waals surface area (Å²) in [5, 5.41) is 11.9. The number of amides is 1. The highest BCUT2D eigenvalue weighted by Gasteiger charge is 2.10. The molecule has 0 aliphatic heterocycles. The Bertz CT molecular complexity index is 658. The van der Waals surface area contributed by atoms with Crippen LogP contribution in [0.25, 0.3) is 0 Å². The lowest BCUT2D eigenvalue weighted by molar-refractivity contribution is 0.102. The summed E-state index contributed by atoms with van der Waals surface area (Å²) in [6.45, 7) is 1.77. The first kappa shape index (κ1) is 14.7. The molecule has 2 N–H and O–H groups in total. The van der Waals surface area contributed by atoms with Gasteiger partial charge < -0.3 is 10.4 Å². The molecule has 0 bridgehead atoms. The number of carbonyl (C=O) groups is 1. The highest BCUT2D eigenvalue weighted by molar-refractivity contribution is 9.10. The molecule has 0 saturated heterocycles. The van der Waals surface area contributed by atoms with E-state index in [-0.39, 0.29) is 17.0 Å². The minimum absolute atomic E-state index is 0.0920. The molecule has 0 atom stereocenters. The van der Waals surface area contributed by atoms with Crippen LogP contribution >= 0.6 is 15.9 Å². The highest BCUT2D eigenvalue weighted by Crippen LogP contribution is 2.20. The number of carbonyl (C=O) groups excluding carboxylic acids is 1. The van der Waals surface area contributed by atoms with Crippen molar-refractivity contribution in [3.63, 3.8) is 0 Å². The first-order valence-electron chi connectivity index (χ1n) is 5.98. The topological polar surface area (TPSA) is 49.3 Å². The smallest absolute Gasteiger partial charge is 0.255 e. The molecule has 0 radical (unpaired) electrons. The molecule has 2 aromatic carbocycles. The minimum atomic E-state index is -0.417. The monoisotopic (exact) mass is 337 g/mol. The van der Waals surface area contributed by atoms with Gasteiger partial charge in [-0.15, -0.1) is 0 Å². The van der Waals surface area contributed by atoms with Crippen LogP contribution in [0.3, 0.4) is 0 Å². The molecule has 20 heavy (non-hydrogen) atoms. The molecule has 0 unspecified atom stereocenters. The van der Waals surface area contributed by atoms with Gasteiger partial charge in [-0.1, -0.05) is 12.1 Å². The van der Waals surface area contributed by atoms with Crippen molar-refractivity contribution in [2.75, 3.05) is 5.32 Å². The third-order valence-corrected chi connectivity index (χ3v) is 3.52. The third-order valence-electron chi connectivity index (χ3n) is 2.91. The number of aliphatic hydroxyl groups excluding tert-OH is 1. The van der Waals surface area contributed by atoms with Gasteiger partial charge in [-0.3, -0.25) is 4.79 Å². The lowest BCUT2D eigenvalue weighted by Gasteiger charge is -2.10. The first-order valence-corrected chi connectivity index (χ1v) is 6.77. The second kappa shape index (κ2) is 6.15. The molecule has 0 aliphatic carbocycles. The van der Waals surface area contributed by atoms with Crippen molar-refractivity contribution in [1.29, 1.82) is 0 Å². The standard InChI is InChI=1S/C15H13BrFNO2/c1-9-2-3-10(8-19)6-14(9)18-15(20)11-4-5-13(17)12(16)7-11/h2-7,19H,8H2,1H3,(H,18,20). The summed E-state index contributed by atoms with van der Waals surface area (Å²) < 4.78 is 13.4. The zero-order chi connectivity index (χ0) is 14.7. The SMILES string of the molecule is Cc1ccc(CO)cc1NC(=O)c1ccc(F)c(Br)c1. The van der Waals surface area contributed by atoms with E-state index in [4.69, 9.17) is 5.11 Å². The lowest BCUT2D eigenvalue weighted by atomic mass is 10.1. The van der Waals surface area contributed by atoms with E-state index in [0.717, 1.165) is 5.56 Å².